The van der Waals surface area contributed by atoms with Crippen LogP contribution in [0.3, 0.4) is 0 Å². The van der Waals surface area contributed by atoms with Crippen LogP contribution in [-0.2, 0) is 4.79 Å². The molecule has 0 aliphatic carbocycles. The number of carbonyl (C=O) groups is 1. The molecule has 0 bridgehead atoms. The van der Waals surface area contributed by atoms with Crippen molar-refractivity contribution in [2.24, 2.45) is 11.3 Å². The van der Waals surface area contributed by atoms with Crippen LogP contribution in [0.5, 0.6) is 11.5 Å². The smallest absolute Gasteiger partial charge is 0.308 e. The van der Waals surface area contributed by atoms with Gasteiger partial charge in [0, 0.05) is 5.25 Å². The Hall–Kier alpha value is -1.94. The van der Waals surface area contributed by atoms with Gasteiger partial charge in [0.2, 0.25) is 0 Å². The van der Waals surface area contributed by atoms with E-state index < -0.39 is 11.9 Å². The van der Waals surface area contributed by atoms with Gasteiger partial charge >= 0.3 is 5.97 Å². The second-order valence-electron chi connectivity index (χ2n) is 6.61. The van der Waals surface area contributed by atoms with Crippen molar-refractivity contribution in [2.75, 3.05) is 0 Å². The minimum Gasteiger partial charge on any atom is -0.481 e. The molecule has 0 aliphatic heterocycles. The maximum absolute atomic E-state index is 11.6. The molecule has 0 saturated heterocycles. The monoisotopic (exact) mass is 330 g/mol. The molecule has 0 amide bonds. The molecular formula is C19H22O3S. The van der Waals surface area contributed by atoms with E-state index in [9.17, 15) is 9.90 Å². The zero-order chi connectivity index (χ0) is 17.0. The second kappa shape index (κ2) is 7.09. The van der Waals surface area contributed by atoms with Gasteiger partial charge in [0.1, 0.15) is 11.5 Å². The summed E-state index contributed by atoms with van der Waals surface area (Å²) in [6.07, 6.45) is 0. The zero-order valence-electron chi connectivity index (χ0n) is 13.6. The van der Waals surface area contributed by atoms with Crippen LogP contribution < -0.4 is 4.74 Å². The van der Waals surface area contributed by atoms with Crippen LogP contribution >= 0.6 is 12.6 Å². The van der Waals surface area contributed by atoms with Gasteiger partial charge in [-0.25, -0.2) is 0 Å². The largest absolute Gasteiger partial charge is 0.481 e. The van der Waals surface area contributed by atoms with Gasteiger partial charge < -0.3 is 9.84 Å². The maximum Gasteiger partial charge on any atom is 0.308 e. The molecule has 2 rings (SSSR count). The number of carboxylic acid groups (broad SMARTS) is 1. The standard InChI is InChI=1S/C19H22O3S/c1-19(2,3)16(18(20)21)17(23)13-9-11-15(12-10-13)22-14-7-5-4-6-8-14/h4-12,16-17,23H,1-3H3,(H,20,21). The number of hydrogen-bond acceptors (Lipinski definition) is 3. The third-order valence-corrected chi connectivity index (χ3v) is 4.31. The van der Waals surface area contributed by atoms with E-state index in [4.69, 9.17) is 4.74 Å². The van der Waals surface area contributed by atoms with Crippen LogP contribution in [0.2, 0.25) is 0 Å². The molecule has 23 heavy (non-hydrogen) atoms. The van der Waals surface area contributed by atoms with Crippen LogP contribution in [0.15, 0.2) is 54.6 Å². The fourth-order valence-corrected chi connectivity index (χ4v) is 3.28. The first kappa shape index (κ1) is 17.4. The molecule has 2 atom stereocenters. The summed E-state index contributed by atoms with van der Waals surface area (Å²) in [7, 11) is 0. The van der Waals surface area contributed by atoms with Crippen molar-refractivity contribution in [1.29, 1.82) is 0 Å². The van der Waals surface area contributed by atoms with Crippen molar-refractivity contribution in [1.82, 2.24) is 0 Å². The highest BCUT2D eigenvalue weighted by Gasteiger charge is 2.37. The minimum absolute atomic E-state index is 0.377. The first-order valence-electron chi connectivity index (χ1n) is 7.53. The number of rotatable bonds is 5. The van der Waals surface area contributed by atoms with Crippen LogP contribution in [0.25, 0.3) is 0 Å². The lowest BCUT2D eigenvalue weighted by Gasteiger charge is -2.31. The average Bonchev–Trinajstić information content (AvgIpc) is 2.47. The zero-order valence-corrected chi connectivity index (χ0v) is 14.5. The van der Waals surface area contributed by atoms with E-state index in [1.807, 2.05) is 75.4 Å². The van der Waals surface area contributed by atoms with Gasteiger partial charge in [0.05, 0.1) is 5.92 Å². The predicted molar refractivity (Wildman–Crippen MR) is 95.3 cm³/mol. The van der Waals surface area contributed by atoms with Gasteiger partial charge in [0.15, 0.2) is 0 Å². The van der Waals surface area contributed by atoms with Gasteiger partial charge in [-0.05, 0) is 35.2 Å². The van der Waals surface area contributed by atoms with E-state index in [2.05, 4.69) is 12.6 Å². The highest BCUT2D eigenvalue weighted by atomic mass is 32.1. The molecule has 0 aliphatic rings. The lowest BCUT2D eigenvalue weighted by atomic mass is 9.77. The van der Waals surface area contributed by atoms with E-state index in [-0.39, 0.29) is 10.7 Å². The highest BCUT2D eigenvalue weighted by Crippen LogP contribution is 2.40. The summed E-state index contributed by atoms with van der Waals surface area (Å²) in [5.41, 5.74) is 0.494. The topological polar surface area (TPSA) is 46.5 Å². The number of para-hydroxylation sites is 1. The first-order chi connectivity index (χ1) is 10.8. The molecule has 0 spiro atoms. The van der Waals surface area contributed by atoms with E-state index in [0.29, 0.717) is 5.75 Å². The Balaban J connectivity index is 2.16. The molecule has 0 radical (unpaired) electrons. The SMILES string of the molecule is CC(C)(C)C(C(=O)O)C(S)c1ccc(Oc2ccccc2)cc1. The van der Waals surface area contributed by atoms with Gasteiger partial charge in [-0.1, -0.05) is 51.1 Å². The number of ether oxygens (including phenoxy) is 1. The average molecular weight is 330 g/mol. The van der Waals surface area contributed by atoms with Gasteiger partial charge in [-0.15, -0.1) is 0 Å². The molecule has 0 aromatic heterocycles. The third kappa shape index (κ3) is 4.52. The maximum atomic E-state index is 11.6. The number of hydrogen-bond donors (Lipinski definition) is 2. The molecule has 122 valence electrons. The molecule has 2 aromatic carbocycles. The Kier molecular flexibility index (Phi) is 5.37. The van der Waals surface area contributed by atoms with Gasteiger partial charge in [0.25, 0.3) is 0 Å². The van der Waals surface area contributed by atoms with E-state index in [0.717, 1.165) is 11.3 Å². The highest BCUT2D eigenvalue weighted by molar-refractivity contribution is 7.80. The molecule has 4 heteroatoms. The Labute approximate surface area is 142 Å². The van der Waals surface area contributed by atoms with E-state index in [1.165, 1.54) is 0 Å². The van der Waals surface area contributed by atoms with E-state index >= 15 is 0 Å². The fourth-order valence-electron chi connectivity index (χ4n) is 2.53. The van der Waals surface area contributed by atoms with Crippen molar-refractivity contribution < 1.29 is 14.6 Å². The lowest BCUT2D eigenvalue weighted by molar-refractivity contribution is -0.145. The van der Waals surface area contributed by atoms with Crippen LogP contribution in [-0.4, -0.2) is 11.1 Å². The van der Waals surface area contributed by atoms with Crippen molar-refractivity contribution in [3.8, 4) is 11.5 Å². The predicted octanol–water partition coefficient (Wildman–Crippen LogP) is 5.20. The molecule has 0 heterocycles. The Morgan fingerprint density at radius 2 is 1.52 bits per heavy atom. The van der Waals surface area contributed by atoms with Crippen LogP contribution in [0, 0.1) is 11.3 Å². The normalized spacial score (nSPS) is 14.1. The summed E-state index contributed by atoms with van der Waals surface area (Å²) >= 11 is 4.56. The molecule has 0 saturated carbocycles. The molecule has 1 N–H and O–H groups in total. The molecule has 2 aromatic rings. The van der Waals surface area contributed by atoms with Crippen molar-refractivity contribution in [3.05, 3.63) is 60.2 Å². The van der Waals surface area contributed by atoms with Gasteiger partial charge in [-0.2, -0.15) is 12.6 Å². The van der Waals surface area contributed by atoms with Gasteiger partial charge in [-0.3, -0.25) is 4.79 Å². The Morgan fingerprint density at radius 3 is 2.00 bits per heavy atom. The summed E-state index contributed by atoms with van der Waals surface area (Å²) in [5, 5.41) is 9.14. The second-order valence-corrected chi connectivity index (χ2v) is 7.17. The molecule has 0 fully saturated rings. The molecule has 2 unspecified atom stereocenters. The minimum atomic E-state index is -0.831. The summed E-state index contributed by atoms with van der Waals surface area (Å²) in [5.74, 6) is 0.0673. The first-order valence-corrected chi connectivity index (χ1v) is 8.04. The molecular weight excluding hydrogens is 308 g/mol. The summed E-state index contributed by atoms with van der Waals surface area (Å²) in [4.78, 5) is 11.6. The fraction of sp³-hybridized carbons (Fsp3) is 0.316. The number of thiol groups is 1. The van der Waals surface area contributed by atoms with E-state index in [1.54, 1.807) is 0 Å². The Bertz CT molecular complexity index is 645. The lowest BCUT2D eigenvalue weighted by Crippen LogP contribution is -2.32. The third-order valence-electron chi connectivity index (χ3n) is 3.72. The number of benzene rings is 2. The van der Waals surface area contributed by atoms with Crippen LogP contribution in [0.4, 0.5) is 0 Å². The van der Waals surface area contributed by atoms with Crippen molar-refractivity contribution in [2.45, 2.75) is 26.0 Å². The summed E-state index contributed by atoms with van der Waals surface area (Å²) < 4.78 is 5.75. The van der Waals surface area contributed by atoms with Crippen LogP contribution in [0.1, 0.15) is 31.6 Å². The number of carboxylic acids is 1. The summed E-state index contributed by atoms with van der Waals surface area (Å²) in [6.45, 7) is 5.76. The number of aliphatic carboxylic acids is 1. The summed E-state index contributed by atoms with van der Waals surface area (Å²) in [6, 6.07) is 16.9. The van der Waals surface area contributed by atoms with Crippen molar-refractivity contribution in [3.63, 3.8) is 0 Å². The Morgan fingerprint density at radius 1 is 1.00 bits per heavy atom. The van der Waals surface area contributed by atoms with Crippen molar-refractivity contribution >= 4 is 18.6 Å². The molecule has 3 nitrogen and oxygen atoms in total. The quantitative estimate of drug-likeness (QED) is 0.741.